The van der Waals surface area contributed by atoms with E-state index in [4.69, 9.17) is 0 Å². The van der Waals surface area contributed by atoms with Crippen LogP contribution in [0.4, 0.5) is 0 Å². The molecule has 2 heteroatoms. The van der Waals surface area contributed by atoms with E-state index in [2.05, 4.69) is 25.1 Å². The molecule has 1 aromatic rings. The first-order valence-corrected chi connectivity index (χ1v) is 3.89. The first-order chi connectivity index (χ1) is 4.93. The van der Waals surface area contributed by atoms with Gasteiger partial charge in [-0.15, -0.1) is 0 Å². The van der Waals surface area contributed by atoms with E-state index >= 15 is 0 Å². The van der Waals surface area contributed by atoms with Crippen molar-refractivity contribution in [3.05, 3.63) is 35.9 Å². The van der Waals surface area contributed by atoms with Crippen LogP contribution < -0.4 is 12.4 Å². The van der Waals surface area contributed by atoms with E-state index in [0.29, 0.717) is 0 Å². The van der Waals surface area contributed by atoms with E-state index < -0.39 is 0 Å². The van der Waals surface area contributed by atoms with Gasteiger partial charge in [0.2, 0.25) is 0 Å². The molecule has 0 amide bonds. The van der Waals surface area contributed by atoms with Gasteiger partial charge in [-0.05, 0) is 0 Å². The SMILES string of the molecule is CCCCc1[c-]cccc1.[Cl-].[Mg+2]. The molecule has 0 aliphatic heterocycles. The molecular weight excluding hydrogens is 180 g/mol. The first kappa shape index (κ1) is 14.8. The van der Waals surface area contributed by atoms with E-state index in [0.717, 1.165) is 0 Å². The summed E-state index contributed by atoms with van der Waals surface area (Å²) in [4.78, 5) is 0. The Morgan fingerprint density at radius 1 is 1.33 bits per heavy atom. The zero-order chi connectivity index (χ0) is 7.23. The number of halogens is 1. The van der Waals surface area contributed by atoms with Crippen molar-refractivity contribution < 1.29 is 12.4 Å². The predicted octanol–water partition coefficient (Wildman–Crippen LogP) is -0.547. The van der Waals surface area contributed by atoms with Gasteiger partial charge in [-0.2, -0.15) is 35.9 Å². The molecule has 0 saturated carbocycles. The summed E-state index contributed by atoms with van der Waals surface area (Å²) in [6, 6.07) is 11.4. The fraction of sp³-hybridized carbons (Fsp3) is 0.400. The Kier molecular flexibility index (Phi) is 11.5. The molecule has 0 aromatic heterocycles. The fourth-order valence-electron chi connectivity index (χ4n) is 0.953. The largest absolute Gasteiger partial charge is 2.00 e. The van der Waals surface area contributed by atoms with Crippen molar-refractivity contribution in [2.24, 2.45) is 0 Å². The molecule has 0 atom stereocenters. The maximum absolute atomic E-state index is 3.20. The number of aryl methyl sites for hydroxylation is 1. The van der Waals surface area contributed by atoms with E-state index in [1.807, 2.05) is 12.1 Å². The van der Waals surface area contributed by atoms with Crippen molar-refractivity contribution in [1.82, 2.24) is 0 Å². The molecule has 0 fully saturated rings. The Hall–Kier alpha value is 0.276. The Morgan fingerprint density at radius 3 is 2.58 bits per heavy atom. The van der Waals surface area contributed by atoms with Crippen molar-refractivity contribution in [1.29, 1.82) is 0 Å². The smallest absolute Gasteiger partial charge is 1.00 e. The van der Waals surface area contributed by atoms with Gasteiger partial charge in [0.25, 0.3) is 0 Å². The molecule has 1 aromatic carbocycles. The number of rotatable bonds is 3. The van der Waals surface area contributed by atoms with Crippen LogP contribution in [0.5, 0.6) is 0 Å². The van der Waals surface area contributed by atoms with Gasteiger partial charge in [-0.3, -0.25) is 0 Å². The van der Waals surface area contributed by atoms with Crippen molar-refractivity contribution in [2.75, 3.05) is 0 Å². The predicted molar refractivity (Wildman–Crippen MR) is 49.6 cm³/mol. The summed E-state index contributed by atoms with van der Waals surface area (Å²) in [6.45, 7) is 2.21. The Bertz CT molecular complexity index is 174. The summed E-state index contributed by atoms with van der Waals surface area (Å²) >= 11 is 0. The molecule has 0 nitrogen and oxygen atoms in total. The standard InChI is InChI=1S/C10H13.ClH.Mg/c1-2-3-7-10-8-5-4-6-9-10;;/h4-6,8H,2-3,7H2,1H3;1H;/q-1;;+2/p-1. The second kappa shape index (κ2) is 9.36. The van der Waals surface area contributed by atoms with Crippen LogP contribution in [-0.4, -0.2) is 23.1 Å². The molecule has 0 unspecified atom stereocenters. The number of unbranched alkanes of at least 4 members (excludes halogenated alkanes) is 1. The van der Waals surface area contributed by atoms with E-state index in [9.17, 15) is 0 Å². The zero-order valence-electron chi connectivity index (χ0n) is 7.52. The summed E-state index contributed by atoms with van der Waals surface area (Å²) in [5, 5.41) is 0. The second-order valence-corrected chi connectivity index (χ2v) is 2.49. The van der Waals surface area contributed by atoms with Crippen molar-refractivity contribution in [3.63, 3.8) is 0 Å². The summed E-state index contributed by atoms with van der Waals surface area (Å²) in [7, 11) is 0. The van der Waals surface area contributed by atoms with Crippen molar-refractivity contribution in [3.8, 4) is 0 Å². The molecule has 0 N–H and O–H groups in total. The molecule has 12 heavy (non-hydrogen) atoms. The topological polar surface area (TPSA) is 0 Å². The van der Waals surface area contributed by atoms with Gasteiger partial charge in [0.1, 0.15) is 0 Å². The third-order valence-corrected chi connectivity index (χ3v) is 1.57. The Labute approximate surface area is 97.3 Å². The average molecular weight is 193 g/mol. The Morgan fingerprint density at radius 2 is 2.08 bits per heavy atom. The summed E-state index contributed by atoms with van der Waals surface area (Å²) < 4.78 is 0. The molecule has 0 spiro atoms. The summed E-state index contributed by atoms with van der Waals surface area (Å²) in [5.74, 6) is 0. The van der Waals surface area contributed by atoms with Gasteiger partial charge >= 0.3 is 23.1 Å². The number of hydrogen-bond acceptors (Lipinski definition) is 0. The molecule has 0 aliphatic carbocycles. The maximum Gasteiger partial charge on any atom is 2.00 e. The molecular formula is C10H13ClMg. The van der Waals surface area contributed by atoms with Crippen LogP contribution in [0.2, 0.25) is 0 Å². The number of hydrogen-bond donors (Lipinski definition) is 0. The summed E-state index contributed by atoms with van der Waals surface area (Å²) in [6.07, 6.45) is 3.72. The Balaban J connectivity index is 0. The third kappa shape index (κ3) is 5.87. The van der Waals surface area contributed by atoms with Crippen LogP contribution in [-0.2, 0) is 6.42 Å². The zero-order valence-corrected chi connectivity index (χ0v) is 9.69. The first-order valence-electron chi connectivity index (χ1n) is 3.89. The van der Waals surface area contributed by atoms with Crippen LogP contribution in [0.15, 0.2) is 24.3 Å². The van der Waals surface area contributed by atoms with Crippen LogP contribution >= 0.6 is 0 Å². The van der Waals surface area contributed by atoms with Gasteiger partial charge in [-0.25, -0.2) is 0 Å². The monoisotopic (exact) mass is 192 g/mol. The van der Waals surface area contributed by atoms with Crippen LogP contribution in [0.3, 0.4) is 0 Å². The molecule has 1 rings (SSSR count). The second-order valence-electron chi connectivity index (χ2n) is 2.49. The van der Waals surface area contributed by atoms with Crippen LogP contribution in [0.25, 0.3) is 0 Å². The van der Waals surface area contributed by atoms with Gasteiger partial charge in [0.05, 0.1) is 0 Å². The van der Waals surface area contributed by atoms with Gasteiger partial charge < -0.3 is 12.4 Å². The fourth-order valence-corrected chi connectivity index (χ4v) is 0.953. The average Bonchev–Trinajstić information content (AvgIpc) is 2.03. The minimum Gasteiger partial charge on any atom is -1.00 e. The van der Waals surface area contributed by atoms with Crippen LogP contribution in [0, 0.1) is 6.07 Å². The molecule has 0 heterocycles. The van der Waals surface area contributed by atoms with Gasteiger partial charge in [0, 0.05) is 0 Å². The van der Waals surface area contributed by atoms with E-state index in [1.54, 1.807) is 0 Å². The quantitative estimate of drug-likeness (QED) is 0.446. The minimum absolute atomic E-state index is 0. The van der Waals surface area contributed by atoms with Crippen molar-refractivity contribution in [2.45, 2.75) is 26.2 Å². The maximum atomic E-state index is 3.20. The van der Waals surface area contributed by atoms with Crippen LogP contribution in [0.1, 0.15) is 25.3 Å². The molecule has 0 radical (unpaired) electrons. The minimum atomic E-state index is 0. The molecule has 0 saturated heterocycles. The summed E-state index contributed by atoms with van der Waals surface area (Å²) in [5.41, 5.74) is 1.34. The molecule has 62 valence electrons. The van der Waals surface area contributed by atoms with Gasteiger partial charge in [0.15, 0.2) is 0 Å². The van der Waals surface area contributed by atoms with E-state index in [-0.39, 0.29) is 35.5 Å². The third-order valence-electron chi connectivity index (χ3n) is 1.57. The normalized spacial score (nSPS) is 8.08. The molecule has 0 aliphatic rings. The number of benzene rings is 1. The van der Waals surface area contributed by atoms with Crippen molar-refractivity contribution >= 4 is 23.1 Å². The van der Waals surface area contributed by atoms with E-state index in [1.165, 1.54) is 24.8 Å². The van der Waals surface area contributed by atoms with Gasteiger partial charge in [-0.1, -0.05) is 26.2 Å². The molecule has 0 bridgehead atoms.